The molecule has 0 spiro atoms. The average Bonchev–Trinajstić information content (AvgIpc) is 2.28. The summed E-state index contributed by atoms with van der Waals surface area (Å²) in [6.07, 6.45) is 3.86. The molecule has 90 valence electrons. The fourth-order valence-corrected chi connectivity index (χ4v) is 2.08. The second-order valence-corrected chi connectivity index (χ2v) is 5.36. The van der Waals surface area contributed by atoms with Gasteiger partial charge in [-0.05, 0) is 37.5 Å². The molecule has 0 aliphatic heterocycles. The summed E-state index contributed by atoms with van der Waals surface area (Å²) in [6.45, 7) is 7.58. The second kappa shape index (κ2) is 7.08. The van der Waals surface area contributed by atoms with E-state index in [9.17, 15) is 0 Å². The van der Waals surface area contributed by atoms with E-state index in [1.54, 1.807) is 0 Å². The lowest BCUT2D eigenvalue weighted by molar-refractivity contribution is 0.495. The van der Waals surface area contributed by atoms with Crippen molar-refractivity contribution < 1.29 is 0 Å². The highest BCUT2D eigenvalue weighted by atomic mass is 79.9. The predicted molar refractivity (Wildman–Crippen MR) is 74.7 cm³/mol. The van der Waals surface area contributed by atoms with Gasteiger partial charge in [0.25, 0.3) is 0 Å². The van der Waals surface area contributed by atoms with Crippen molar-refractivity contribution in [3.05, 3.63) is 33.8 Å². The number of rotatable bonds is 6. The minimum absolute atomic E-state index is 0.611. The van der Waals surface area contributed by atoms with Gasteiger partial charge in [0, 0.05) is 17.1 Å². The maximum Gasteiger partial charge on any atom is 0.0208 e. The molecule has 0 bridgehead atoms. The van der Waals surface area contributed by atoms with E-state index in [-0.39, 0.29) is 0 Å². The Hall–Kier alpha value is -0.340. The Morgan fingerprint density at radius 3 is 2.75 bits per heavy atom. The smallest absolute Gasteiger partial charge is 0.0208 e. The molecule has 1 atom stereocenters. The molecular formula is C14H22BrN. The van der Waals surface area contributed by atoms with Gasteiger partial charge in [-0.25, -0.2) is 0 Å². The van der Waals surface area contributed by atoms with E-state index in [1.807, 2.05) is 0 Å². The highest BCUT2D eigenvalue weighted by Gasteiger charge is 2.02. The second-order valence-electron chi connectivity index (χ2n) is 4.51. The maximum absolute atomic E-state index is 3.57. The first kappa shape index (κ1) is 13.7. The van der Waals surface area contributed by atoms with Crippen molar-refractivity contribution in [1.82, 2.24) is 5.32 Å². The van der Waals surface area contributed by atoms with Crippen LogP contribution >= 0.6 is 15.9 Å². The molecular weight excluding hydrogens is 262 g/mol. The number of benzene rings is 1. The van der Waals surface area contributed by atoms with Gasteiger partial charge in [-0.15, -0.1) is 0 Å². The van der Waals surface area contributed by atoms with Crippen molar-refractivity contribution in [2.24, 2.45) is 0 Å². The summed E-state index contributed by atoms with van der Waals surface area (Å²) >= 11 is 3.57. The minimum Gasteiger partial charge on any atom is -0.310 e. The van der Waals surface area contributed by atoms with Crippen molar-refractivity contribution in [2.75, 3.05) is 0 Å². The van der Waals surface area contributed by atoms with Crippen LogP contribution in [-0.2, 0) is 6.54 Å². The number of halogens is 1. The van der Waals surface area contributed by atoms with Crippen LogP contribution in [0.1, 0.15) is 44.2 Å². The van der Waals surface area contributed by atoms with Gasteiger partial charge in [0.1, 0.15) is 0 Å². The molecule has 0 aliphatic rings. The average molecular weight is 284 g/mol. The molecule has 1 aromatic rings. The maximum atomic E-state index is 3.57. The molecule has 0 amide bonds. The standard InChI is InChI=1S/C14H22BrN/c1-4-5-6-12(3)16-10-13-8-7-11(2)14(15)9-13/h7-9,12,16H,4-6,10H2,1-3H3. The number of unbranched alkanes of at least 4 members (excludes halogenated alkanes) is 1. The summed E-state index contributed by atoms with van der Waals surface area (Å²) in [5.41, 5.74) is 2.64. The quantitative estimate of drug-likeness (QED) is 0.815. The van der Waals surface area contributed by atoms with E-state index in [0.29, 0.717) is 6.04 Å². The van der Waals surface area contributed by atoms with Crippen molar-refractivity contribution in [2.45, 2.75) is 52.6 Å². The third-order valence-electron chi connectivity index (χ3n) is 2.88. The minimum atomic E-state index is 0.611. The van der Waals surface area contributed by atoms with Crippen molar-refractivity contribution in [3.63, 3.8) is 0 Å². The van der Waals surface area contributed by atoms with E-state index in [0.717, 1.165) is 6.54 Å². The first-order valence-corrected chi connectivity index (χ1v) is 6.91. The van der Waals surface area contributed by atoms with Crippen LogP contribution in [-0.4, -0.2) is 6.04 Å². The Balaban J connectivity index is 2.39. The monoisotopic (exact) mass is 283 g/mol. The highest BCUT2D eigenvalue weighted by molar-refractivity contribution is 9.10. The van der Waals surface area contributed by atoms with Crippen molar-refractivity contribution in [1.29, 1.82) is 0 Å². The van der Waals surface area contributed by atoms with E-state index in [2.05, 4.69) is 60.2 Å². The van der Waals surface area contributed by atoms with Gasteiger partial charge in [0.2, 0.25) is 0 Å². The fraction of sp³-hybridized carbons (Fsp3) is 0.571. The lowest BCUT2D eigenvalue weighted by Gasteiger charge is -2.13. The van der Waals surface area contributed by atoms with E-state index in [1.165, 1.54) is 34.9 Å². The summed E-state index contributed by atoms with van der Waals surface area (Å²) in [7, 11) is 0. The van der Waals surface area contributed by atoms with Gasteiger partial charge in [0.15, 0.2) is 0 Å². The molecule has 1 unspecified atom stereocenters. The van der Waals surface area contributed by atoms with Gasteiger partial charge in [-0.3, -0.25) is 0 Å². The van der Waals surface area contributed by atoms with Crippen LogP contribution in [0.3, 0.4) is 0 Å². The molecule has 0 fully saturated rings. The topological polar surface area (TPSA) is 12.0 Å². The van der Waals surface area contributed by atoms with E-state index in [4.69, 9.17) is 0 Å². The van der Waals surface area contributed by atoms with Crippen LogP contribution in [0.5, 0.6) is 0 Å². The van der Waals surface area contributed by atoms with Crippen LogP contribution in [0, 0.1) is 6.92 Å². The molecule has 2 heteroatoms. The van der Waals surface area contributed by atoms with E-state index < -0.39 is 0 Å². The number of aryl methyl sites for hydroxylation is 1. The first-order valence-electron chi connectivity index (χ1n) is 6.12. The normalized spacial score (nSPS) is 12.8. The van der Waals surface area contributed by atoms with Crippen LogP contribution in [0.15, 0.2) is 22.7 Å². The molecule has 0 saturated heterocycles. The van der Waals surface area contributed by atoms with Gasteiger partial charge >= 0.3 is 0 Å². The van der Waals surface area contributed by atoms with Crippen LogP contribution in [0.4, 0.5) is 0 Å². The summed E-state index contributed by atoms with van der Waals surface area (Å²) in [4.78, 5) is 0. The Morgan fingerprint density at radius 2 is 2.12 bits per heavy atom. The Labute approximate surface area is 108 Å². The molecule has 16 heavy (non-hydrogen) atoms. The molecule has 0 saturated carbocycles. The summed E-state index contributed by atoms with van der Waals surface area (Å²) in [6, 6.07) is 7.17. The van der Waals surface area contributed by atoms with Crippen molar-refractivity contribution >= 4 is 15.9 Å². The Kier molecular flexibility index (Phi) is 6.07. The third kappa shape index (κ3) is 4.67. The Morgan fingerprint density at radius 1 is 1.38 bits per heavy atom. The molecule has 0 radical (unpaired) electrons. The van der Waals surface area contributed by atoms with Gasteiger partial charge in [0.05, 0.1) is 0 Å². The van der Waals surface area contributed by atoms with Crippen LogP contribution in [0.25, 0.3) is 0 Å². The molecule has 0 aliphatic carbocycles. The first-order chi connectivity index (χ1) is 7.63. The molecule has 0 aromatic heterocycles. The summed E-state index contributed by atoms with van der Waals surface area (Å²) in [5.74, 6) is 0. The number of hydrogen-bond donors (Lipinski definition) is 1. The SMILES string of the molecule is CCCCC(C)NCc1ccc(C)c(Br)c1. The summed E-state index contributed by atoms with van der Waals surface area (Å²) < 4.78 is 1.20. The largest absolute Gasteiger partial charge is 0.310 e. The highest BCUT2D eigenvalue weighted by Crippen LogP contribution is 2.17. The van der Waals surface area contributed by atoms with Gasteiger partial charge in [-0.1, -0.05) is 47.8 Å². The van der Waals surface area contributed by atoms with Crippen LogP contribution in [0.2, 0.25) is 0 Å². The van der Waals surface area contributed by atoms with E-state index >= 15 is 0 Å². The van der Waals surface area contributed by atoms with Gasteiger partial charge < -0.3 is 5.32 Å². The molecule has 0 heterocycles. The lowest BCUT2D eigenvalue weighted by atomic mass is 10.1. The zero-order valence-electron chi connectivity index (χ0n) is 10.5. The number of hydrogen-bond acceptors (Lipinski definition) is 1. The zero-order chi connectivity index (χ0) is 12.0. The third-order valence-corrected chi connectivity index (χ3v) is 3.74. The molecule has 1 N–H and O–H groups in total. The molecule has 1 aromatic carbocycles. The fourth-order valence-electron chi connectivity index (χ4n) is 1.65. The van der Waals surface area contributed by atoms with Gasteiger partial charge in [-0.2, -0.15) is 0 Å². The lowest BCUT2D eigenvalue weighted by Crippen LogP contribution is -2.25. The van der Waals surface area contributed by atoms with Crippen LogP contribution < -0.4 is 5.32 Å². The molecule has 1 nitrogen and oxygen atoms in total. The predicted octanol–water partition coefficient (Wildman–Crippen LogP) is 4.43. The number of nitrogens with one attached hydrogen (secondary N) is 1. The molecule has 1 rings (SSSR count). The Bertz CT molecular complexity index is 323. The van der Waals surface area contributed by atoms with Crippen molar-refractivity contribution in [3.8, 4) is 0 Å². The zero-order valence-corrected chi connectivity index (χ0v) is 12.1. The summed E-state index contributed by atoms with van der Waals surface area (Å²) in [5, 5.41) is 3.56.